The maximum absolute atomic E-state index is 12.2. The molecule has 1 atom stereocenters. The lowest BCUT2D eigenvalue weighted by molar-refractivity contribution is -0.142. The average molecular weight is 341 g/mol. The third-order valence-electron chi connectivity index (χ3n) is 3.84. The van der Waals surface area contributed by atoms with Crippen LogP contribution in [0.4, 0.5) is 0 Å². The van der Waals surface area contributed by atoms with Crippen molar-refractivity contribution in [1.82, 2.24) is 5.32 Å². The van der Waals surface area contributed by atoms with Crippen molar-refractivity contribution >= 4 is 11.9 Å². The average Bonchev–Trinajstić information content (AvgIpc) is 2.58. The van der Waals surface area contributed by atoms with Crippen molar-refractivity contribution in [2.75, 3.05) is 6.61 Å². The molecule has 1 unspecified atom stereocenters. The van der Waals surface area contributed by atoms with Crippen LogP contribution < -0.4 is 10.1 Å². The second-order valence-electron chi connectivity index (χ2n) is 6.23. The maximum Gasteiger partial charge on any atom is 0.330 e. The molecule has 0 fully saturated rings. The molecule has 2 rings (SSSR count). The predicted octanol–water partition coefficient (Wildman–Crippen LogP) is 3.44. The molecule has 0 aliphatic carbocycles. The molecule has 5 heteroatoms. The molecule has 25 heavy (non-hydrogen) atoms. The zero-order valence-corrected chi connectivity index (χ0v) is 14.7. The van der Waals surface area contributed by atoms with Crippen LogP contribution in [0.5, 0.6) is 5.75 Å². The third-order valence-corrected chi connectivity index (χ3v) is 3.84. The van der Waals surface area contributed by atoms with Gasteiger partial charge in [-0.3, -0.25) is 4.79 Å². The highest BCUT2D eigenvalue weighted by molar-refractivity contribution is 5.85. The molecule has 2 aromatic carbocycles. The van der Waals surface area contributed by atoms with Gasteiger partial charge in [0.1, 0.15) is 5.75 Å². The summed E-state index contributed by atoms with van der Waals surface area (Å²) in [6.07, 6.45) is 0. The van der Waals surface area contributed by atoms with E-state index >= 15 is 0 Å². The van der Waals surface area contributed by atoms with Crippen LogP contribution in [-0.2, 0) is 9.59 Å². The van der Waals surface area contributed by atoms with E-state index in [0.717, 1.165) is 11.1 Å². The van der Waals surface area contributed by atoms with Crippen LogP contribution in [0.15, 0.2) is 48.5 Å². The number of aryl methyl sites for hydroxylation is 1. The molecule has 0 saturated carbocycles. The van der Waals surface area contributed by atoms with Gasteiger partial charge in [0.2, 0.25) is 0 Å². The fourth-order valence-electron chi connectivity index (χ4n) is 2.52. The minimum atomic E-state index is -1.11. The fourth-order valence-corrected chi connectivity index (χ4v) is 2.52. The molecule has 0 saturated heterocycles. The first-order valence-corrected chi connectivity index (χ1v) is 8.19. The first-order chi connectivity index (χ1) is 11.9. The quantitative estimate of drug-likeness (QED) is 0.809. The summed E-state index contributed by atoms with van der Waals surface area (Å²) < 4.78 is 5.65. The molecule has 0 aliphatic heterocycles. The van der Waals surface area contributed by atoms with Crippen LogP contribution in [0.1, 0.15) is 42.5 Å². The molecule has 132 valence electrons. The first kappa shape index (κ1) is 18.5. The molecule has 5 nitrogen and oxygen atoms in total. The molecule has 0 aliphatic rings. The highest BCUT2D eigenvalue weighted by atomic mass is 16.5. The number of carbonyl (C=O) groups excluding carboxylic acids is 1. The number of carboxylic acid groups (broad SMARTS) is 1. The highest BCUT2D eigenvalue weighted by Gasteiger charge is 2.22. The summed E-state index contributed by atoms with van der Waals surface area (Å²) in [5, 5.41) is 11.9. The van der Waals surface area contributed by atoms with Gasteiger partial charge < -0.3 is 15.2 Å². The Kier molecular flexibility index (Phi) is 6.17. The Balaban J connectivity index is 2.05. The Morgan fingerprint density at radius 3 is 2.40 bits per heavy atom. The molecule has 1 amide bonds. The van der Waals surface area contributed by atoms with Gasteiger partial charge in [-0.15, -0.1) is 0 Å². The van der Waals surface area contributed by atoms with E-state index in [1.54, 1.807) is 30.3 Å². The van der Waals surface area contributed by atoms with Crippen molar-refractivity contribution in [2.45, 2.75) is 32.7 Å². The first-order valence-electron chi connectivity index (χ1n) is 8.19. The van der Waals surface area contributed by atoms with Gasteiger partial charge in [0.05, 0.1) is 0 Å². The van der Waals surface area contributed by atoms with E-state index in [4.69, 9.17) is 4.74 Å². The number of hydrogen-bond donors (Lipinski definition) is 2. The number of carbonyl (C=O) groups is 2. The number of amides is 1. The smallest absolute Gasteiger partial charge is 0.330 e. The van der Waals surface area contributed by atoms with Gasteiger partial charge in [0.25, 0.3) is 5.91 Å². The van der Waals surface area contributed by atoms with Crippen molar-refractivity contribution in [2.24, 2.45) is 0 Å². The lowest BCUT2D eigenvalue weighted by atomic mass is 10.0. The summed E-state index contributed by atoms with van der Waals surface area (Å²) in [5.74, 6) is -0.683. The summed E-state index contributed by atoms with van der Waals surface area (Å²) >= 11 is 0. The second-order valence-corrected chi connectivity index (χ2v) is 6.23. The third kappa shape index (κ3) is 5.08. The lowest BCUT2D eigenvalue weighted by Gasteiger charge is -2.17. The zero-order chi connectivity index (χ0) is 18.4. The normalized spacial score (nSPS) is 11.8. The van der Waals surface area contributed by atoms with Crippen molar-refractivity contribution in [3.05, 3.63) is 65.2 Å². The number of ether oxygens (including phenoxy) is 1. The molecule has 0 spiro atoms. The molecule has 0 heterocycles. The van der Waals surface area contributed by atoms with Gasteiger partial charge in [-0.1, -0.05) is 56.3 Å². The maximum atomic E-state index is 12.2. The fraction of sp³-hybridized carbons (Fsp3) is 0.300. The van der Waals surface area contributed by atoms with Crippen LogP contribution in [-0.4, -0.2) is 23.6 Å². The van der Waals surface area contributed by atoms with Crippen LogP contribution in [0.3, 0.4) is 0 Å². The Hall–Kier alpha value is -2.82. The van der Waals surface area contributed by atoms with Crippen molar-refractivity contribution < 1.29 is 19.4 Å². The number of aliphatic carboxylic acids is 1. The number of nitrogens with one attached hydrogen (secondary N) is 1. The topological polar surface area (TPSA) is 75.6 Å². The molecule has 2 aromatic rings. The van der Waals surface area contributed by atoms with Gasteiger partial charge in [-0.2, -0.15) is 0 Å². The number of benzene rings is 2. The van der Waals surface area contributed by atoms with Gasteiger partial charge in [0, 0.05) is 0 Å². The van der Waals surface area contributed by atoms with E-state index in [1.165, 1.54) is 0 Å². The van der Waals surface area contributed by atoms with Crippen molar-refractivity contribution in [1.29, 1.82) is 0 Å². The molecule has 0 radical (unpaired) electrons. The number of rotatable bonds is 7. The Morgan fingerprint density at radius 2 is 1.80 bits per heavy atom. The predicted molar refractivity (Wildman–Crippen MR) is 95.7 cm³/mol. The Labute approximate surface area is 147 Å². The van der Waals surface area contributed by atoms with Crippen LogP contribution in [0, 0.1) is 6.92 Å². The van der Waals surface area contributed by atoms with E-state index in [1.807, 2.05) is 39.0 Å². The zero-order valence-electron chi connectivity index (χ0n) is 14.7. The van der Waals surface area contributed by atoms with Crippen LogP contribution >= 0.6 is 0 Å². The molecule has 2 N–H and O–H groups in total. The van der Waals surface area contributed by atoms with Crippen LogP contribution in [0.25, 0.3) is 0 Å². The largest absolute Gasteiger partial charge is 0.483 e. The summed E-state index contributed by atoms with van der Waals surface area (Å²) in [4.78, 5) is 23.6. The van der Waals surface area contributed by atoms with Gasteiger partial charge >= 0.3 is 5.97 Å². The molecule has 0 aromatic heterocycles. The standard InChI is InChI=1S/C20H23NO4/c1-13(2)16-10-9-14(3)11-17(16)25-12-18(22)21-19(20(23)24)15-7-5-4-6-8-15/h4-11,13,19H,12H2,1-3H3,(H,21,22)(H,23,24). The van der Waals surface area contributed by atoms with E-state index in [9.17, 15) is 14.7 Å². The summed E-state index contributed by atoms with van der Waals surface area (Å²) in [5.41, 5.74) is 2.56. The van der Waals surface area contributed by atoms with E-state index in [0.29, 0.717) is 11.3 Å². The Bertz CT molecular complexity index is 741. The van der Waals surface area contributed by atoms with Gasteiger partial charge in [-0.25, -0.2) is 4.79 Å². The van der Waals surface area contributed by atoms with Crippen LogP contribution in [0.2, 0.25) is 0 Å². The van der Waals surface area contributed by atoms with Gasteiger partial charge in [0.15, 0.2) is 12.6 Å². The van der Waals surface area contributed by atoms with E-state index in [2.05, 4.69) is 5.32 Å². The molecule has 0 bridgehead atoms. The Morgan fingerprint density at radius 1 is 1.12 bits per heavy atom. The summed E-state index contributed by atoms with van der Waals surface area (Å²) in [6.45, 7) is 5.81. The second kappa shape index (κ2) is 8.33. The SMILES string of the molecule is Cc1ccc(C(C)C)c(OCC(=O)NC(C(=O)O)c2ccccc2)c1. The highest BCUT2D eigenvalue weighted by Crippen LogP contribution is 2.27. The lowest BCUT2D eigenvalue weighted by Crippen LogP contribution is -2.36. The summed E-state index contributed by atoms with van der Waals surface area (Å²) in [6, 6.07) is 13.3. The van der Waals surface area contributed by atoms with E-state index in [-0.39, 0.29) is 12.5 Å². The monoisotopic (exact) mass is 341 g/mol. The minimum Gasteiger partial charge on any atom is -0.483 e. The van der Waals surface area contributed by atoms with Crippen molar-refractivity contribution in [3.63, 3.8) is 0 Å². The summed E-state index contributed by atoms with van der Waals surface area (Å²) in [7, 11) is 0. The minimum absolute atomic E-state index is 0.236. The molecular formula is C20H23NO4. The number of hydrogen-bond acceptors (Lipinski definition) is 3. The molecular weight excluding hydrogens is 318 g/mol. The van der Waals surface area contributed by atoms with Crippen molar-refractivity contribution in [3.8, 4) is 5.75 Å². The van der Waals surface area contributed by atoms with E-state index < -0.39 is 17.9 Å². The number of carboxylic acids is 1. The van der Waals surface area contributed by atoms with Gasteiger partial charge in [-0.05, 0) is 35.6 Å².